The Morgan fingerprint density at radius 1 is 1.04 bits per heavy atom. The van der Waals surface area contributed by atoms with Crippen molar-refractivity contribution in [2.75, 3.05) is 5.32 Å². The van der Waals surface area contributed by atoms with Gasteiger partial charge in [0, 0.05) is 24.6 Å². The first kappa shape index (κ1) is 23.9. The molecule has 1 aliphatic carbocycles. The molecule has 0 aliphatic heterocycles. The number of nitrogens with two attached hydrogens (primary N) is 1. The van der Waals surface area contributed by atoms with Gasteiger partial charge in [-0.1, -0.05) is 31.4 Å². The van der Waals surface area contributed by atoms with Crippen molar-refractivity contribution in [3.8, 4) is 0 Å². The van der Waals surface area contributed by atoms with E-state index in [4.69, 9.17) is 5.73 Å². The Bertz CT molecular complexity index is 764. The molecule has 1 aromatic heterocycles. The van der Waals surface area contributed by atoms with Crippen LogP contribution in [0.2, 0.25) is 0 Å². The highest BCUT2D eigenvalue weighted by atomic mass is 35.5. The van der Waals surface area contributed by atoms with Crippen LogP contribution in [-0.4, -0.2) is 22.3 Å². The summed E-state index contributed by atoms with van der Waals surface area (Å²) in [7, 11) is 0. The number of carbonyl (C=O) groups is 2. The van der Waals surface area contributed by atoms with Crippen LogP contribution >= 0.6 is 24.8 Å². The second-order valence-corrected chi connectivity index (χ2v) is 6.79. The number of amides is 2. The van der Waals surface area contributed by atoms with Gasteiger partial charge in [-0.05, 0) is 42.7 Å². The smallest absolute Gasteiger partial charge is 0.257 e. The third-order valence-corrected chi connectivity index (χ3v) is 4.79. The van der Waals surface area contributed by atoms with Gasteiger partial charge in [-0.3, -0.25) is 14.6 Å². The molecule has 6 nitrogen and oxygen atoms in total. The van der Waals surface area contributed by atoms with Crippen molar-refractivity contribution >= 4 is 42.3 Å². The lowest BCUT2D eigenvalue weighted by Gasteiger charge is -2.31. The van der Waals surface area contributed by atoms with Crippen LogP contribution in [0.3, 0.4) is 0 Å². The van der Waals surface area contributed by atoms with Gasteiger partial charge in [0.25, 0.3) is 5.91 Å². The Hall–Kier alpha value is -2.15. The Balaban J connectivity index is 0.00000196. The van der Waals surface area contributed by atoms with E-state index >= 15 is 0 Å². The maximum Gasteiger partial charge on any atom is 0.257 e. The number of nitrogens with zero attached hydrogens (tertiary/aromatic N) is 1. The van der Waals surface area contributed by atoms with Crippen LogP contribution < -0.4 is 16.4 Å². The number of rotatable bonds is 5. The van der Waals surface area contributed by atoms with Crippen molar-refractivity contribution in [3.05, 3.63) is 59.9 Å². The van der Waals surface area contributed by atoms with Crippen molar-refractivity contribution < 1.29 is 9.59 Å². The van der Waals surface area contributed by atoms with Crippen LogP contribution in [0.1, 0.15) is 48.0 Å². The molecular formula is C20H26Cl2N4O2. The zero-order valence-electron chi connectivity index (χ0n) is 15.5. The monoisotopic (exact) mass is 424 g/mol. The summed E-state index contributed by atoms with van der Waals surface area (Å²) in [4.78, 5) is 28.4. The second-order valence-electron chi connectivity index (χ2n) is 6.79. The molecule has 2 aromatic rings. The van der Waals surface area contributed by atoms with E-state index in [0.29, 0.717) is 17.8 Å². The minimum atomic E-state index is -0.726. The average molecular weight is 425 g/mol. The summed E-state index contributed by atoms with van der Waals surface area (Å²) in [6.45, 7) is 0.425. The zero-order chi connectivity index (χ0) is 18.4. The number of anilines is 1. The van der Waals surface area contributed by atoms with Crippen LogP contribution in [0.25, 0.3) is 0 Å². The van der Waals surface area contributed by atoms with E-state index in [0.717, 1.165) is 37.7 Å². The van der Waals surface area contributed by atoms with Gasteiger partial charge in [0.2, 0.25) is 5.91 Å². The van der Waals surface area contributed by atoms with Gasteiger partial charge in [-0.15, -0.1) is 24.8 Å². The third kappa shape index (κ3) is 6.19. The van der Waals surface area contributed by atoms with Gasteiger partial charge in [-0.25, -0.2) is 0 Å². The second kappa shape index (κ2) is 11.0. The summed E-state index contributed by atoms with van der Waals surface area (Å²) in [5.41, 5.74) is 7.66. The highest BCUT2D eigenvalue weighted by Crippen LogP contribution is 2.26. The Labute approximate surface area is 177 Å². The largest absolute Gasteiger partial charge is 0.350 e. The molecule has 3 rings (SSSR count). The van der Waals surface area contributed by atoms with Crippen LogP contribution in [0.5, 0.6) is 0 Å². The van der Waals surface area contributed by atoms with Crippen molar-refractivity contribution in [3.63, 3.8) is 0 Å². The lowest BCUT2D eigenvalue weighted by molar-refractivity contribution is -0.127. The van der Waals surface area contributed by atoms with Gasteiger partial charge >= 0.3 is 0 Å². The predicted octanol–water partition coefficient (Wildman–Crippen LogP) is 3.46. The first-order valence-corrected chi connectivity index (χ1v) is 8.94. The number of nitrogens with one attached hydrogen (secondary N) is 2. The molecule has 1 saturated carbocycles. The molecule has 0 saturated heterocycles. The number of pyridine rings is 1. The van der Waals surface area contributed by atoms with E-state index in [1.54, 1.807) is 18.3 Å². The SMILES string of the molecule is Cl.Cl.NC1(C(=O)NCc2ccc(NC(=O)c3cccnc3)cc2)CCCCC1. The molecule has 2 amide bonds. The summed E-state index contributed by atoms with van der Waals surface area (Å²) in [5, 5.41) is 5.76. The van der Waals surface area contributed by atoms with Crippen LogP contribution in [0.15, 0.2) is 48.8 Å². The number of aromatic nitrogens is 1. The molecular weight excluding hydrogens is 399 g/mol. The van der Waals surface area contributed by atoms with E-state index in [1.807, 2.05) is 24.3 Å². The molecule has 1 fully saturated rings. The lowest BCUT2D eigenvalue weighted by Crippen LogP contribution is -2.54. The van der Waals surface area contributed by atoms with E-state index in [9.17, 15) is 9.59 Å². The van der Waals surface area contributed by atoms with E-state index in [1.165, 1.54) is 6.20 Å². The topological polar surface area (TPSA) is 97.1 Å². The van der Waals surface area contributed by atoms with Crippen LogP contribution in [0, 0.1) is 0 Å². The molecule has 152 valence electrons. The Morgan fingerprint density at radius 3 is 2.32 bits per heavy atom. The number of halogens is 2. The quantitative estimate of drug-likeness (QED) is 0.684. The first-order valence-electron chi connectivity index (χ1n) is 8.94. The predicted molar refractivity (Wildman–Crippen MR) is 115 cm³/mol. The fraction of sp³-hybridized carbons (Fsp3) is 0.350. The summed E-state index contributed by atoms with van der Waals surface area (Å²) < 4.78 is 0. The summed E-state index contributed by atoms with van der Waals surface area (Å²) in [5.74, 6) is -0.285. The number of hydrogen-bond acceptors (Lipinski definition) is 4. The summed E-state index contributed by atoms with van der Waals surface area (Å²) >= 11 is 0. The first-order chi connectivity index (χ1) is 12.6. The molecule has 0 spiro atoms. The summed E-state index contributed by atoms with van der Waals surface area (Å²) in [6.07, 6.45) is 7.81. The molecule has 1 aromatic carbocycles. The third-order valence-electron chi connectivity index (χ3n) is 4.79. The van der Waals surface area contributed by atoms with Gasteiger partial charge in [0.15, 0.2) is 0 Å². The normalized spacial score (nSPS) is 14.8. The minimum Gasteiger partial charge on any atom is -0.350 e. The van der Waals surface area contributed by atoms with E-state index in [2.05, 4.69) is 15.6 Å². The minimum absolute atomic E-state index is 0. The molecule has 1 heterocycles. The van der Waals surface area contributed by atoms with Gasteiger partial charge in [0.05, 0.1) is 11.1 Å². The van der Waals surface area contributed by atoms with Crippen LogP contribution in [0.4, 0.5) is 5.69 Å². The van der Waals surface area contributed by atoms with Crippen molar-refractivity contribution in [2.24, 2.45) is 5.73 Å². The standard InChI is InChI=1S/C20H24N4O2.2ClH/c21-20(10-2-1-3-11-20)19(26)23-13-15-6-8-17(9-7-15)24-18(25)16-5-4-12-22-14-16;;/h4-9,12,14H,1-3,10-11,13,21H2,(H,23,26)(H,24,25);2*1H. The van der Waals surface area contributed by atoms with Crippen molar-refractivity contribution in [1.29, 1.82) is 0 Å². The fourth-order valence-corrected chi connectivity index (χ4v) is 3.17. The number of carbonyl (C=O) groups excluding carboxylic acids is 2. The van der Waals surface area contributed by atoms with Gasteiger partial charge in [-0.2, -0.15) is 0 Å². The van der Waals surface area contributed by atoms with E-state index in [-0.39, 0.29) is 36.6 Å². The number of benzene rings is 1. The molecule has 8 heteroatoms. The van der Waals surface area contributed by atoms with Crippen molar-refractivity contribution in [1.82, 2.24) is 10.3 Å². The number of hydrogen-bond donors (Lipinski definition) is 3. The maximum atomic E-state index is 12.4. The molecule has 1 aliphatic rings. The lowest BCUT2D eigenvalue weighted by atomic mass is 9.82. The fourth-order valence-electron chi connectivity index (χ4n) is 3.17. The van der Waals surface area contributed by atoms with Crippen LogP contribution in [-0.2, 0) is 11.3 Å². The molecule has 0 unspecified atom stereocenters. The summed E-state index contributed by atoms with van der Waals surface area (Å²) in [6, 6.07) is 10.8. The Morgan fingerprint density at radius 2 is 1.71 bits per heavy atom. The molecule has 0 atom stereocenters. The molecule has 28 heavy (non-hydrogen) atoms. The van der Waals surface area contributed by atoms with Crippen molar-refractivity contribution in [2.45, 2.75) is 44.2 Å². The molecule has 0 radical (unpaired) electrons. The maximum absolute atomic E-state index is 12.4. The zero-order valence-corrected chi connectivity index (χ0v) is 17.2. The highest BCUT2D eigenvalue weighted by Gasteiger charge is 2.34. The van der Waals surface area contributed by atoms with E-state index < -0.39 is 5.54 Å². The highest BCUT2D eigenvalue weighted by molar-refractivity contribution is 6.04. The average Bonchev–Trinajstić information content (AvgIpc) is 2.68. The Kier molecular flexibility index (Phi) is 9.38. The van der Waals surface area contributed by atoms with Gasteiger partial charge in [0.1, 0.15) is 0 Å². The molecule has 4 N–H and O–H groups in total. The molecule has 0 bridgehead atoms. The van der Waals surface area contributed by atoms with Gasteiger partial charge < -0.3 is 16.4 Å².